The molecule has 0 saturated carbocycles. The van der Waals surface area contributed by atoms with Crippen LogP contribution in [0.25, 0.3) is 0 Å². The van der Waals surface area contributed by atoms with E-state index < -0.39 is 0 Å². The molecule has 0 aliphatic carbocycles. The molecular formula is C30H28N2O2S. The fourth-order valence-corrected chi connectivity index (χ4v) is 4.78. The second-order valence-electron chi connectivity index (χ2n) is 8.21. The molecule has 0 radical (unpaired) electrons. The van der Waals surface area contributed by atoms with Crippen LogP contribution in [0.4, 0.5) is 17.1 Å². The van der Waals surface area contributed by atoms with Gasteiger partial charge < -0.3 is 5.32 Å². The Morgan fingerprint density at radius 3 is 1.97 bits per heavy atom. The Morgan fingerprint density at radius 1 is 0.800 bits per heavy atom. The van der Waals surface area contributed by atoms with E-state index in [1.165, 1.54) is 11.8 Å². The molecule has 35 heavy (non-hydrogen) atoms. The maximum atomic E-state index is 13.8. The first kappa shape index (κ1) is 24.3. The molecule has 1 N–H and O–H groups in total. The third-order valence-corrected chi connectivity index (χ3v) is 6.92. The van der Waals surface area contributed by atoms with Crippen LogP contribution in [0.15, 0.2) is 114 Å². The van der Waals surface area contributed by atoms with Crippen LogP contribution >= 0.6 is 11.8 Å². The number of para-hydroxylation sites is 2. The second-order valence-corrected chi connectivity index (χ2v) is 9.48. The van der Waals surface area contributed by atoms with Crippen molar-refractivity contribution < 1.29 is 9.59 Å². The Balaban J connectivity index is 1.53. The monoisotopic (exact) mass is 480 g/mol. The lowest BCUT2D eigenvalue weighted by Crippen LogP contribution is -2.34. The fourth-order valence-electron chi connectivity index (χ4n) is 3.73. The molecule has 5 heteroatoms. The zero-order valence-electron chi connectivity index (χ0n) is 19.8. The molecular weight excluding hydrogens is 452 g/mol. The maximum Gasteiger partial charge on any atom is 0.255 e. The van der Waals surface area contributed by atoms with Gasteiger partial charge >= 0.3 is 0 Å². The van der Waals surface area contributed by atoms with Crippen LogP contribution in [-0.2, 0) is 4.79 Å². The highest BCUT2D eigenvalue weighted by Crippen LogP contribution is 2.33. The number of benzene rings is 4. The van der Waals surface area contributed by atoms with Gasteiger partial charge in [-0.15, -0.1) is 11.8 Å². The quantitative estimate of drug-likeness (QED) is 0.266. The summed E-state index contributed by atoms with van der Waals surface area (Å²) in [5.74, 6) is -0.140. The normalized spacial score (nSPS) is 11.5. The van der Waals surface area contributed by atoms with Crippen molar-refractivity contribution >= 4 is 40.6 Å². The summed E-state index contributed by atoms with van der Waals surface area (Å²) in [6, 6.07) is 34.6. The van der Waals surface area contributed by atoms with Gasteiger partial charge in [0.05, 0.1) is 5.25 Å². The molecule has 0 aromatic heterocycles. The standard InChI is InChI=1S/C30H28N2O2S/c1-3-28(30(34)32(25-12-6-4-7-13-25)26-14-8-5-9-15-26)35-27-16-10-11-24(21-27)31-29(33)23-19-17-22(2)18-20-23/h4-21,28H,3H2,1-2H3,(H,31,33). The summed E-state index contributed by atoms with van der Waals surface area (Å²) in [5, 5.41) is 2.67. The number of thioether (sulfide) groups is 1. The molecule has 1 unspecified atom stereocenters. The number of aryl methyl sites for hydroxylation is 1. The summed E-state index contributed by atoms with van der Waals surface area (Å²) in [7, 11) is 0. The number of carbonyl (C=O) groups excluding carboxylic acids is 2. The fraction of sp³-hybridized carbons (Fsp3) is 0.133. The van der Waals surface area contributed by atoms with Gasteiger partial charge in [-0.3, -0.25) is 14.5 Å². The van der Waals surface area contributed by atoms with Crippen molar-refractivity contribution in [3.8, 4) is 0 Å². The first-order valence-corrected chi connectivity index (χ1v) is 12.5. The summed E-state index contributed by atoms with van der Waals surface area (Å²) in [6.45, 7) is 4.01. The first-order chi connectivity index (χ1) is 17.0. The van der Waals surface area contributed by atoms with E-state index in [-0.39, 0.29) is 17.1 Å². The van der Waals surface area contributed by atoms with E-state index in [1.54, 1.807) is 4.90 Å². The van der Waals surface area contributed by atoms with Gasteiger partial charge in [-0.05, 0) is 67.9 Å². The number of nitrogens with one attached hydrogen (secondary N) is 1. The number of hydrogen-bond acceptors (Lipinski definition) is 3. The summed E-state index contributed by atoms with van der Waals surface area (Å²) in [6.07, 6.45) is 0.666. The van der Waals surface area contributed by atoms with E-state index in [0.29, 0.717) is 17.7 Å². The van der Waals surface area contributed by atoms with Crippen molar-refractivity contribution in [1.82, 2.24) is 0 Å². The van der Waals surface area contributed by atoms with E-state index >= 15 is 0 Å². The molecule has 0 heterocycles. The molecule has 4 aromatic rings. The lowest BCUT2D eigenvalue weighted by Gasteiger charge is -2.27. The molecule has 0 spiro atoms. The number of nitrogens with zero attached hydrogens (tertiary/aromatic N) is 1. The molecule has 1 atom stereocenters. The second kappa shape index (κ2) is 11.5. The van der Waals surface area contributed by atoms with Gasteiger partial charge in [-0.1, -0.05) is 67.1 Å². The minimum atomic E-state index is -0.293. The Labute approximate surface area is 211 Å². The number of rotatable bonds is 8. The molecule has 2 amide bonds. The van der Waals surface area contributed by atoms with Crippen LogP contribution in [0.3, 0.4) is 0 Å². The van der Waals surface area contributed by atoms with Crippen LogP contribution < -0.4 is 10.2 Å². The molecule has 4 nitrogen and oxygen atoms in total. The van der Waals surface area contributed by atoms with E-state index in [9.17, 15) is 9.59 Å². The lowest BCUT2D eigenvalue weighted by molar-refractivity contribution is -0.117. The van der Waals surface area contributed by atoms with Gasteiger partial charge in [-0.25, -0.2) is 0 Å². The SMILES string of the molecule is CCC(Sc1cccc(NC(=O)c2ccc(C)cc2)c1)C(=O)N(c1ccccc1)c1ccccc1. The highest BCUT2D eigenvalue weighted by atomic mass is 32.2. The van der Waals surface area contributed by atoms with Crippen molar-refractivity contribution in [3.05, 3.63) is 120 Å². The van der Waals surface area contributed by atoms with Crippen molar-refractivity contribution in [2.75, 3.05) is 10.2 Å². The van der Waals surface area contributed by atoms with E-state index in [0.717, 1.165) is 21.8 Å². The van der Waals surface area contributed by atoms with Crippen molar-refractivity contribution in [1.29, 1.82) is 0 Å². The van der Waals surface area contributed by atoms with Gasteiger partial charge in [0.25, 0.3) is 5.91 Å². The third-order valence-electron chi connectivity index (χ3n) is 5.58. The lowest BCUT2D eigenvalue weighted by atomic mass is 10.1. The van der Waals surface area contributed by atoms with Crippen LogP contribution in [0.1, 0.15) is 29.3 Å². The largest absolute Gasteiger partial charge is 0.322 e. The Bertz CT molecular complexity index is 1240. The third kappa shape index (κ3) is 6.19. The predicted octanol–water partition coefficient (Wildman–Crippen LogP) is 7.48. The number of amides is 2. The molecule has 0 fully saturated rings. The minimum absolute atomic E-state index is 0.0176. The van der Waals surface area contributed by atoms with E-state index in [2.05, 4.69) is 5.32 Å². The van der Waals surface area contributed by atoms with Crippen molar-refractivity contribution in [2.45, 2.75) is 30.4 Å². The topological polar surface area (TPSA) is 49.4 Å². The molecule has 0 aliphatic rings. The van der Waals surface area contributed by atoms with Gasteiger partial charge in [0.2, 0.25) is 5.91 Å². The zero-order valence-corrected chi connectivity index (χ0v) is 20.7. The first-order valence-electron chi connectivity index (χ1n) is 11.6. The van der Waals surface area contributed by atoms with Gasteiger partial charge in [-0.2, -0.15) is 0 Å². The van der Waals surface area contributed by atoms with E-state index in [4.69, 9.17) is 0 Å². The summed E-state index contributed by atoms with van der Waals surface area (Å²) < 4.78 is 0. The molecule has 0 saturated heterocycles. The van der Waals surface area contributed by atoms with Gasteiger partial charge in [0, 0.05) is 27.5 Å². The Kier molecular flexibility index (Phi) is 8.01. The van der Waals surface area contributed by atoms with E-state index in [1.807, 2.05) is 123 Å². The number of anilines is 3. The molecule has 0 bridgehead atoms. The Morgan fingerprint density at radius 2 is 1.40 bits per heavy atom. The van der Waals surface area contributed by atoms with Crippen LogP contribution in [0.2, 0.25) is 0 Å². The average Bonchev–Trinajstić information content (AvgIpc) is 2.89. The van der Waals surface area contributed by atoms with Crippen molar-refractivity contribution in [2.24, 2.45) is 0 Å². The van der Waals surface area contributed by atoms with Crippen LogP contribution in [-0.4, -0.2) is 17.1 Å². The molecule has 0 aliphatic heterocycles. The molecule has 4 rings (SSSR count). The minimum Gasteiger partial charge on any atom is -0.322 e. The summed E-state index contributed by atoms with van der Waals surface area (Å²) in [5.41, 5.74) is 4.08. The summed E-state index contributed by atoms with van der Waals surface area (Å²) in [4.78, 5) is 29.1. The highest BCUT2D eigenvalue weighted by Gasteiger charge is 2.26. The predicted molar refractivity (Wildman–Crippen MR) is 146 cm³/mol. The zero-order chi connectivity index (χ0) is 24.6. The van der Waals surface area contributed by atoms with Crippen LogP contribution in [0, 0.1) is 6.92 Å². The molecule has 176 valence electrons. The van der Waals surface area contributed by atoms with Crippen LogP contribution in [0.5, 0.6) is 0 Å². The summed E-state index contributed by atoms with van der Waals surface area (Å²) >= 11 is 1.51. The average molecular weight is 481 g/mol. The van der Waals surface area contributed by atoms with Gasteiger partial charge in [0.1, 0.15) is 0 Å². The number of hydrogen-bond donors (Lipinski definition) is 1. The highest BCUT2D eigenvalue weighted by molar-refractivity contribution is 8.00. The van der Waals surface area contributed by atoms with Crippen molar-refractivity contribution in [3.63, 3.8) is 0 Å². The smallest absolute Gasteiger partial charge is 0.255 e. The Hall–Kier alpha value is -3.83. The molecule has 4 aromatic carbocycles. The number of carbonyl (C=O) groups is 2. The van der Waals surface area contributed by atoms with Gasteiger partial charge in [0.15, 0.2) is 0 Å². The maximum absolute atomic E-state index is 13.8.